The first-order valence-electron chi connectivity index (χ1n) is 35.2. The van der Waals surface area contributed by atoms with E-state index in [9.17, 15) is 62.3 Å². The molecule has 0 bridgehead atoms. The van der Waals surface area contributed by atoms with Crippen molar-refractivity contribution in [2.45, 2.75) is 174 Å². The monoisotopic (exact) mass is 1500 g/mol. The molecule has 106 heavy (non-hydrogen) atoms. The van der Waals surface area contributed by atoms with Crippen molar-refractivity contribution in [2.24, 2.45) is 5.73 Å². The van der Waals surface area contributed by atoms with Gasteiger partial charge in [-0.3, -0.25) is 28.5 Å². The van der Waals surface area contributed by atoms with Gasteiger partial charge < -0.3 is 26.5 Å². The highest BCUT2D eigenvalue weighted by molar-refractivity contribution is 7.86. The molecule has 17 nitrogen and oxygen atoms in total. The highest BCUT2D eigenvalue weighted by atomic mass is 32.2. The molecule has 0 saturated carbocycles. The number of aromatic nitrogens is 6. The van der Waals surface area contributed by atoms with Crippen molar-refractivity contribution in [3.63, 3.8) is 0 Å². The molecule has 5 N–H and O–H groups in total. The van der Waals surface area contributed by atoms with Gasteiger partial charge in [0, 0.05) is 113 Å². The molecule has 6 aromatic carbocycles. The molecule has 2 amide bonds. The Balaban J connectivity index is 0.000000195. The van der Waals surface area contributed by atoms with E-state index in [1.165, 1.54) is 66.5 Å². The summed E-state index contributed by atoms with van der Waals surface area (Å²) in [5, 5.41) is 22.4. The van der Waals surface area contributed by atoms with E-state index in [0.29, 0.717) is 61.7 Å². The number of nitrogens with two attached hydrogens (primary N) is 1. The second-order valence-corrected chi connectivity index (χ2v) is 27.1. The number of benzene rings is 6. The summed E-state index contributed by atoms with van der Waals surface area (Å²) in [4.78, 5) is 37.4. The Bertz CT molecular complexity index is 4410. The molecule has 0 unspecified atom stereocenters. The summed E-state index contributed by atoms with van der Waals surface area (Å²) in [7, 11) is -0.979. The van der Waals surface area contributed by atoms with Crippen LogP contribution < -0.4 is 21.7 Å². The Morgan fingerprint density at radius 3 is 1.55 bits per heavy atom. The van der Waals surface area contributed by atoms with E-state index in [1.807, 2.05) is 79.0 Å². The molecule has 0 saturated heterocycles. The third-order valence-corrected chi connectivity index (χ3v) is 19.4. The number of hydrogen-bond donors (Lipinski definition) is 4. The molecule has 9 aromatic rings. The summed E-state index contributed by atoms with van der Waals surface area (Å²) >= 11 is 0. The molecule has 2 aliphatic heterocycles. The lowest BCUT2D eigenvalue weighted by Gasteiger charge is -2.41. The molecule has 5 heterocycles. The van der Waals surface area contributed by atoms with Crippen molar-refractivity contribution in [3.05, 3.63) is 259 Å². The number of rotatable bonds is 22. The third kappa shape index (κ3) is 23.1. The minimum absolute atomic E-state index is 0.0166. The SMILES string of the molecule is CCn1nc(C)c2c1CCN([C@@H](C(=O)NC)c1ccccc1)[C@H]2CCc1cccc(C(F)(F)F)c1.CCn1nc(C)c2c1CCN[C@H]2CCc1cccc(C(F)(F)F)c1.CCn1nc(C)cc1CCN.CNC(=O)[C@H](OS(=O)(=O)c1ccc(C)cc1)c1ccccc1.O=CCCc1cccc(C(F)(F)F)c1. The second kappa shape index (κ2) is 38.8. The van der Waals surface area contributed by atoms with E-state index in [4.69, 9.17) is 15.0 Å². The molecular weight excluding hydrogens is 1400 g/mol. The number of halogens is 9. The number of nitrogens with zero attached hydrogens (tertiary/aromatic N) is 7. The molecule has 4 atom stereocenters. The van der Waals surface area contributed by atoms with Crippen molar-refractivity contribution < 1.29 is 66.5 Å². The lowest BCUT2D eigenvalue weighted by Crippen LogP contribution is -2.45. The van der Waals surface area contributed by atoms with Gasteiger partial charge in [-0.15, -0.1) is 0 Å². The summed E-state index contributed by atoms with van der Waals surface area (Å²) in [5.74, 6) is -0.633. The van der Waals surface area contributed by atoms with Crippen LogP contribution in [0.1, 0.15) is 160 Å². The van der Waals surface area contributed by atoms with Gasteiger partial charge in [0.1, 0.15) is 12.3 Å². The molecular formula is C79H94F9N11O6S. The van der Waals surface area contributed by atoms with Gasteiger partial charge in [-0.2, -0.15) is 63.2 Å². The summed E-state index contributed by atoms with van der Waals surface area (Å²) in [6, 6.07) is 42.1. The molecule has 570 valence electrons. The minimum Gasteiger partial charge on any atom is -0.358 e. The Morgan fingerprint density at radius 1 is 0.585 bits per heavy atom. The van der Waals surface area contributed by atoms with Crippen LogP contribution in [-0.2, 0) is 105 Å². The molecule has 0 spiro atoms. The van der Waals surface area contributed by atoms with Crippen molar-refractivity contribution in [2.75, 3.05) is 33.7 Å². The van der Waals surface area contributed by atoms with E-state index < -0.39 is 63.4 Å². The molecule has 3 aromatic heterocycles. The number of alkyl halides is 9. The number of nitrogens with one attached hydrogen (secondary N) is 3. The van der Waals surface area contributed by atoms with Crippen LogP contribution in [0.15, 0.2) is 169 Å². The third-order valence-electron chi connectivity index (χ3n) is 18.1. The fourth-order valence-electron chi connectivity index (χ4n) is 13.0. The largest absolute Gasteiger partial charge is 0.416 e. The maximum Gasteiger partial charge on any atom is 0.416 e. The van der Waals surface area contributed by atoms with Crippen molar-refractivity contribution in [1.29, 1.82) is 0 Å². The highest BCUT2D eigenvalue weighted by Gasteiger charge is 2.40. The molecule has 11 rings (SSSR count). The van der Waals surface area contributed by atoms with E-state index in [-0.39, 0.29) is 29.3 Å². The van der Waals surface area contributed by atoms with Crippen LogP contribution in [0.5, 0.6) is 0 Å². The average Bonchev–Trinajstić information content (AvgIpc) is 1.56. The first-order valence-corrected chi connectivity index (χ1v) is 36.6. The Kier molecular flexibility index (Phi) is 30.8. The standard InChI is InChI=1S/C27H31F3N4O.C18H22F3N3.C16H17NO4S.C10H9F3O.C8H15N3/c1-4-34-23-15-16-33(25(26(35)31-3)20-10-6-5-7-11-20)22(24(23)18(2)32-34)14-13-19-9-8-12-21(17-19)27(28,29)30;1-3-24-16-9-10-22-15(17(16)12(2)23-24)8-7-13-5-4-6-14(11-13)18(19,20)21;1-12-8-10-14(11-9-12)22(19,20)21-15(16(18)17-2)13-6-4-3-5-7-13;11-10(12,13)9-5-1-3-8(7-9)4-2-6-14;1-3-11-8(4-5-9)6-7(2)10-11/h5-12,17,22,25H,4,13-16H2,1-3H3,(H,31,35);4-6,11,15,22H,3,7-10H2,1-2H3;3-11,15H,1-2H3,(H,17,18);1,3,5-7H,2,4H2;6H,3-5,9H2,1-2H3/t22-,25+;2*15-;;/m001../s1. The van der Waals surface area contributed by atoms with Gasteiger partial charge in [-0.05, 0) is 151 Å². The highest BCUT2D eigenvalue weighted by Crippen LogP contribution is 2.42. The Morgan fingerprint density at radius 2 is 1.07 bits per heavy atom. The number of carbonyl (C=O) groups is 3. The van der Waals surface area contributed by atoms with Gasteiger partial charge in [-0.1, -0.05) is 133 Å². The number of hydrogen-bond acceptors (Lipinski definition) is 12. The fourth-order valence-corrected chi connectivity index (χ4v) is 14.1. The summed E-state index contributed by atoms with van der Waals surface area (Å²) in [6.45, 7) is 18.8. The molecule has 2 aliphatic rings. The zero-order valence-electron chi connectivity index (χ0n) is 61.0. The average molecular weight is 1500 g/mol. The van der Waals surface area contributed by atoms with E-state index >= 15 is 0 Å². The Hall–Kier alpha value is -9.28. The summed E-state index contributed by atoms with van der Waals surface area (Å²) in [5.41, 5.74) is 16.7. The van der Waals surface area contributed by atoms with Crippen molar-refractivity contribution in [1.82, 2.24) is 50.2 Å². The van der Waals surface area contributed by atoms with Crippen LogP contribution >= 0.6 is 0 Å². The number of amides is 2. The first-order chi connectivity index (χ1) is 50.4. The zero-order chi connectivity index (χ0) is 77.5. The van der Waals surface area contributed by atoms with Crippen LogP contribution in [0.4, 0.5) is 39.5 Å². The second-order valence-electron chi connectivity index (χ2n) is 25.5. The van der Waals surface area contributed by atoms with Gasteiger partial charge in [0.25, 0.3) is 16.0 Å². The van der Waals surface area contributed by atoms with E-state index in [0.717, 1.165) is 121 Å². The molecule has 0 radical (unpaired) electrons. The van der Waals surface area contributed by atoms with E-state index in [2.05, 4.69) is 51.0 Å². The number of likely N-dealkylation sites (N-methyl/N-ethyl adjacent to an activating group) is 2. The predicted molar refractivity (Wildman–Crippen MR) is 390 cm³/mol. The minimum atomic E-state index is -4.38. The van der Waals surface area contributed by atoms with Gasteiger partial charge in [-0.25, -0.2) is 4.18 Å². The van der Waals surface area contributed by atoms with Gasteiger partial charge >= 0.3 is 18.5 Å². The quantitative estimate of drug-likeness (QED) is 0.0283. The molecule has 0 fully saturated rings. The summed E-state index contributed by atoms with van der Waals surface area (Å²) < 4.78 is 151. The number of aryl methyl sites for hydroxylation is 10. The lowest BCUT2D eigenvalue weighted by atomic mass is 9.88. The maximum absolute atomic E-state index is 13.3. The Labute approximate surface area is 614 Å². The number of aldehydes is 1. The van der Waals surface area contributed by atoms with Crippen LogP contribution in [0.25, 0.3) is 0 Å². The normalized spacial score (nSPS) is 14.9. The van der Waals surface area contributed by atoms with Crippen LogP contribution in [0.3, 0.4) is 0 Å². The van der Waals surface area contributed by atoms with Crippen LogP contribution in [-0.4, -0.2) is 94.5 Å². The van der Waals surface area contributed by atoms with Crippen molar-refractivity contribution in [3.8, 4) is 0 Å². The smallest absolute Gasteiger partial charge is 0.358 e. The van der Waals surface area contributed by atoms with Gasteiger partial charge in [0.2, 0.25) is 5.91 Å². The first kappa shape index (κ1) is 84.0. The van der Waals surface area contributed by atoms with Gasteiger partial charge in [0.15, 0.2) is 6.10 Å². The summed E-state index contributed by atoms with van der Waals surface area (Å²) in [6.07, 6.45) is -7.86. The van der Waals surface area contributed by atoms with Crippen LogP contribution in [0.2, 0.25) is 0 Å². The molecule has 27 heteroatoms. The number of carbonyl (C=O) groups excluding carboxylic acids is 3. The maximum atomic E-state index is 13.3. The van der Waals surface area contributed by atoms with Crippen molar-refractivity contribution >= 4 is 28.2 Å². The van der Waals surface area contributed by atoms with E-state index in [1.54, 1.807) is 67.7 Å². The molecule has 0 aliphatic carbocycles. The fraction of sp³-hybridized carbons (Fsp3) is 0.392. The topological polar surface area (TPSA) is 213 Å². The zero-order valence-corrected chi connectivity index (χ0v) is 61.9. The predicted octanol–water partition coefficient (Wildman–Crippen LogP) is 15.0. The van der Waals surface area contributed by atoms with Gasteiger partial charge in [0.05, 0.1) is 38.7 Å². The number of fused-ring (bicyclic) bond motifs is 2. The lowest BCUT2D eigenvalue weighted by molar-refractivity contribution is -0.138. The van der Waals surface area contributed by atoms with Crippen LogP contribution in [0, 0.1) is 27.7 Å².